The van der Waals surface area contributed by atoms with Crippen LogP contribution in [0.15, 0.2) is 84.9 Å². The van der Waals surface area contributed by atoms with Gasteiger partial charge in [0.25, 0.3) is 0 Å². The van der Waals surface area contributed by atoms with E-state index < -0.39 is 0 Å². The number of anilines is 2. The molecular formula is C25H26N2. The Kier molecular flexibility index (Phi) is 4.12. The molecule has 0 amide bonds. The lowest BCUT2D eigenvalue weighted by Crippen LogP contribution is -2.53. The second-order valence-electron chi connectivity index (χ2n) is 7.93. The predicted octanol–water partition coefficient (Wildman–Crippen LogP) is 6.17. The van der Waals surface area contributed by atoms with Gasteiger partial charge in [0.2, 0.25) is 0 Å². The summed E-state index contributed by atoms with van der Waals surface area (Å²) in [5.41, 5.74) is 5.49. The first-order valence-corrected chi connectivity index (χ1v) is 10.1. The van der Waals surface area contributed by atoms with Gasteiger partial charge < -0.3 is 10.2 Å². The van der Waals surface area contributed by atoms with E-state index in [1.54, 1.807) is 0 Å². The first-order valence-electron chi connectivity index (χ1n) is 10.1. The number of para-hydroxylation sites is 2. The van der Waals surface area contributed by atoms with Gasteiger partial charge in [0, 0.05) is 6.54 Å². The van der Waals surface area contributed by atoms with Crippen molar-refractivity contribution in [1.82, 2.24) is 0 Å². The highest BCUT2D eigenvalue weighted by Gasteiger charge is 2.48. The summed E-state index contributed by atoms with van der Waals surface area (Å²) in [4.78, 5) is 2.64. The van der Waals surface area contributed by atoms with Crippen LogP contribution in [-0.2, 0) is 6.54 Å². The molecule has 1 N–H and O–H groups in total. The maximum Gasteiger partial charge on any atom is 0.0776 e. The summed E-state index contributed by atoms with van der Waals surface area (Å²) >= 11 is 0. The van der Waals surface area contributed by atoms with E-state index in [0.29, 0.717) is 6.04 Å². The van der Waals surface area contributed by atoms with Crippen LogP contribution in [0.2, 0.25) is 0 Å². The van der Waals surface area contributed by atoms with Crippen LogP contribution in [0.5, 0.6) is 0 Å². The van der Waals surface area contributed by atoms with Crippen molar-refractivity contribution in [3.8, 4) is 0 Å². The van der Waals surface area contributed by atoms with Crippen LogP contribution in [0.25, 0.3) is 0 Å². The molecule has 5 rings (SSSR count). The van der Waals surface area contributed by atoms with Gasteiger partial charge in [-0.05, 0) is 36.1 Å². The van der Waals surface area contributed by atoms with E-state index in [4.69, 9.17) is 0 Å². The highest BCUT2D eigenvalue weighted by atomic mass is 15.3. The molecule has 0 bridgehead atoms. The first kappa shape index (κ1) is 16.4. The third-order valence-corrected chi connectivity index (χ3v) is 6.24. The third kappa shape index (κ3) is 2.90. The van der Waals surface area contributed by atoms with Crippen molar-refractivity contribution >= 4 is 11.4 Å². The number of hydrogen-bond acceptors (Lipinski definition) is 2. The van der Waals surface area contributed by atoms with E-state index in [0.717, 1.165) is 6.54 Å². The Hall–Kier alpha value is -2.74. The van der Waals surface area contributed by atoms with Crippen molar-refractivity contribution in [1.29, 1.82) is 0 Å². The molecule has 1 atom stereocenters. The molecule has 1 aliphatic carbocycles. The molecule has 1 unspecified atom stereocenters. The summed E-state index contributed by atoms with van der Waals surface area (Å²) < 4.78 is 0. The van der Waals surface area contributed by atoms with Crippen molar-refractivity contribution in [3.05, 3.63) is 96.1 Å². The summed E-state index contributed by atoms with van der Waals surface area (Å²) in [5, 5.41) is 4.00. The summed E-state index contributed by atoms with van der Waals surface area (Å²) in [6.45, 7) is 0.931. The van der Waals surface area contributed by atoms with Crippen LogP contribution in [0.1, 0.15) is 42.9 Å². The molecule has 27 heavy (non-hydrogen) atoms. The van der Waals surface area contributed by atoms with Gasteiger partial charge in [0.05, 0.1) is 23.0 Å². The summed E-state index contributed by atoms with van der Waals surface area (Å²) in [7, 11) is 0. The van der Waals surface area contributed by atoms with Gasteiger partial charge in [-0.25, -0.2) is 0 Å². The number of fused-ring (bicyclic) bond motifs is 1. The molecule has 2 nitrogen and oxygen atoms in total. The summed E-state index contributed by atoms with van der Waals surface area (Å²) in [6, 6.07) is 31.1. The summed E-state index contributed by atoms with van der Waals surface area (Å²) in [5.74, 6) is 0. The highest BCUT2D eigenvalue weighted by Crippen LogP contribution is 2.52. The molecule has 0 saturated heterocycles. The topological polar surface area (TPSA) is 15.3 Å². The van der Waals surface area contributed by atoms with Gasteiger partial charge in [-0.2, -0.15) is 0 Å². The van der Waals surface area contributed by atoms with Crippen LogP contribution in [0, 0.1) is 0 Å². The lowest BCUT2D eigenvalue weighted by molar-refractivity contribution is 0.358. The molecule has 2 aliphatic rings. The van der Waals surface area contributed by atoms with E-state index in [9.17, 15) is 0 Å². The van der Waals surface area contributed by atoms with Gasteiger partial charge in [-0.15, -0.1) is 0 Å². The number of hydrogen-bond donors (Lipinski definition) is 1. The van der Waals surface area contributed by atoms with E-state index in [1.165, 1.54) is 48.2 Å². The average molecular weight is 354 g/mol. The second kappa shape index (κ2) is 6.77. The molecular weight excluding hydrogens is 328 g/mol. The normalized spacial score (nSPS) is 20.3. The molecule has 3 aromatic rings. The zero-order valence-corrected chi connectivity index (χ0v) is 15.6. The van der Waals surface area contributed by atoms with Crippen LogP contribution in [0.4, 0.5) is 11.4 Å². The van der Waals surface area contributed by atoms with Crippen LogP contribution < -0.4 is 10.2 Å². The Morgan fingerprint density at radius 2 is 1.41 bits per heavy atom. The van der Waals surface area contributed by atoms with Gasteiger partial charge in [-0.1, -0.05) is 85.6 Å². The fourth-order valence-corrected chi connectivity index (χ4v) is 5.10. The standard InChI is InChI=1S/C25H26N2/c1-3-11-20(12-4-1)19-27-23-16-8-7-15-22(23)26-25(17-9-10-18-25)24(27)21-13-5-2-6-14-21/h1-8,11-16,24,26H,9-10,17-19H2. The van der Waals surface area contributed by atoms with E-state index in [2.05, 4.69) is 95.1 Å². The van der Waals surface area contributed by atoms with Gasteiger partial charge >= 0.3 is 0 Å². The zero-order chi connectivity index (χ0) is 18.1. The van der Waals surface area contributed by atoms with Crippen LogP contribution >= 0.6 is 0 Å². The molecule has 1 heterocycles. The highest BCUT2D eigenvalue weighted by molar-refractivity contribution is 5.75. The van der Waals surface area contributed by atoms with Crippen LogP contribution in [0.3, 0.4) is 0 Å². The largest absolute Gasteiger partial charge is 0.375 e. The Bertz CT molecular complexity index is 898. The van der Waals surface area contributed by atoms with Gasteiger partial charge in [0.1, 0.15) is 0 Å². The average Bonchev–Trinajstić information content (AvgIpc) is 3.18. The zero-order valence-electron chi connectivity index (χ0n) is 15.6. The minimum atomic E-state index is 0.116. The van der Waals surface area contributed by atoms with Crippen molar-refractivity contribution < 1.29 is 0 Å². The molecule has 1 fully saturated rings. The number of benzene rings is 3. The lowest BCUT2D eigenvalue weighted by Gasteiger charge is -2.51. The van der Waals surface area contributed by atoms with Crippen molar-refractivity contribution in [3.63, 3.8) is 0 Å². The minimum absolute atomic E-state index is 0.116. The van der Waals surface area contributed by atoms with Crippen molar-refractivity contribution in [2.24, 2.45) is 0 Å². The van der Waals surface area contributed by atoms with E-state index in [-0.39, 0.29) is 5.54 Å². The maximum atomic E-state index is 4.00. The summed E-state index contributed by atoms with van der Waals surface area (Å²) in [6.07, 6.45) is 5.06. The number of nitrogens with zero attached hydrogens (tertiary/aromatic N) is 1. The quantitative estimate of drug-likeness (QED) is 0.605. The Balaban J connectivity index is 1.67. The fraction of sp³-hybridized carbons (Fsp3) is 0.280. The Morgan fingerprint density at radius 3 is 2.15 bits per heavy atom. The predicted molar refractivity (Wildman–Crippen MR) is 113 cm³/mol. The molecule has 0 aromatic heterocycles. The third-order valence-electron chi connectivity index (χ3n) is 6.24. The Labute approximate surface area is 161 Å². The number of rotatable bonds is 3. The fourth-order valence-electron chi connectivity index (χ4n) is 5.10. The van der Waals surface area contributed by atoms with Gasteiger partial charge in [-0.3, -0.25) is 0 Å². The van der Waals surface area contributed by atoms with Crippen molar-refractivity contribution in [2.75, 3.05) is 10.2 Å². The smallest absolute Gasteiger partial charge is 0.0776 e. The molecule has 2 heteroatoms. The molecule has 1 spiro atoms. The molecule has 0 radical (unpaired) electrons. The van der Waals surface area contributed by atoms with Crippen LogP contribution in [-0.4, -0.2) is 5.54 Å². The lowest BCUT2D eigenvalue weighted by atomic mass is 9.79. The molecule has 1 saturated carbocycles. The SMILES string of the molecule is c1ccc(CN2c3ccccc3NC3(CCCC3)C2c2ccccc2)cc1. The first-order chi connectivity index (χ1) is 13.4. The van der Waals surface area contributed by atoms with Crippen molar-refractivity contribution in [2.45, 2.75) is 43.8 Å². The van der Waals surface area contributed by atoms with E-state index >= 15 is 0 Å². The van der Waals surface area contributed by atoms with E-state index in [1.807, 2.05) is 0 Å². The molecule has 3 aromatic carbocycles. The monoisotopic (exact) mass is 354 g/mol. The minimum Gasteiger partial charge on any atom is -0.375 e. The second-order valence-corrected chi connectivity index (χ2v) is 7.93. The van der Waals surface area contributed by atoms with Gasteiger partial charge in [0.15, 0.2) is 0 Å². The number of nitrogens with one attached hydrogen (secondary N) is 1. The molecule has 1 aliphatic heterocycles. The molecule has 136 valence electrons. The maximum absolute atomic E-state index is 4.00. The Morgan fingerprint density at radius 1 is 0.778 bits per heavy atom.